The highest BCUT2D eigenvalue weighted by atomic mass is 16.6. The molecule has 71 heavy (non-hydrogen) atoms. The number of rotatable bonds is 56. The van der Waals surface area contributed by atoms with E-state index in [0.29, 0.717) is 19.3 Å². The van der Waals surface area contributed by atoms with Crippen LogP contribution in [-0.4, -0.2) is 37.2 Å². The number of allylic oxidation sites excluding steroid dienone is 10. The molecule has 0 aliphatic carbocycles. The predicted octanol–water partition coefficient (Wildman–Crippen LogP) is 20.8. The van der Waals surface area contributed by atoms with Gasteiger partial charge in [0.1, 0.15) is 13.2 Å². The molecule has 0 aliphatic heterocycles. The summed E-state index contributed by atoms with van der Waals surface area (Å²) in [6.07, 6.45) is 75.1. The molecule has 6 nitrogen and oxygen atoms in total. The molecule has 0 rings (SSSR count). The van der Waals surface area contributed by atoms with E-state index in [-0.39, 0.29) is 31.1 Å². The lowest BCUT2D eigenvalue weighted by atomic mass is 10.0. The second-order valence-electron chi connectivity index (χ2n) is 20.6. The molecule has 0 saturated carbocycles. The summed E-state index contributed by atoms with van der Waals surface area (Å²) in [7, 11) is 0. The number of unbranched alkanes of at least 4 members (excludes halogenated alkanes) is 35. The molecule has 0 aliphatic rings. The van der Waals surface area contributed by atoms with Crippen LogP contribution in [0.25, 0.3) is 0 Å². The van der Waals surface area contributed by atoms with Crippen LogP contribution in [0.4, 0.5) is 0 Å². The summed E-state index contributed by atoms with van der Waals surface area (Å²) in [5.74, 6) is -0.900. The summed E-state index contributed by atoms with van der Waals surface area (Å²) in [5, 5.41) is 0. The minimum absolute atomic E-state index is 0.0831. The minimum Gasteiger partial charge on any atom is -0.462 e. The first-order valence-corrected chi connectivity index (χ1v) is 30.8. The molecule has 0 bridgehead atoms. The Morgan fingerprint density at radius 1 is 0.282 bits per heavy atom. The fourth-order valence-electron chi connectivity index (χ4n) is 8.80. The highest BCUT2D eigenvalue weighted by Gasteiger charge is 2.19. The molecule has 0 saturated heterocycles. The lowest BCUT2D eigenvalue weighted by Gasteiger charge is -2.18. The van der Waals surface area contributed by atoms with Crippen molar-refractivity contribution in [3.63, 3.8) is 0 Å². The third-order valence-electron chi connectivity index (χ3n) is 13.4. The van der Waals surface area contributed by atoms with Crippen LogP contribution >= 0.6 is 0 Å². The molecule has 0 aromatic carbocycles. The zero-order valence-corrected chi connectivity index (χ0v) is 47.2. The van der Waals surface area contributed by atoms with Crippen LogP contribution < -0.4 is 0 Å². The molecule has 0 spiro atoms. The van der Waals surface area contributed by atoms with Crippen molar-refractivity contribution < 1.29 is 28.6 Å². The van der Waals surface area contributed by atoms with Gasteiger partial charge in [-0.05, 0) is 103 Å². The van der Waals surface area contributed by atoms with Crippen molar-refractivity contribution in [2.75, 3.05) is 13.2 Å². The first-order chi connectivity index (χ1) is 35.0. The zero-order valence-electron chi connectivity index (χ0n) is 47.2. The Morgan fingerprint density at radius 2 is 0.535 bits per heavy atom. The fourth-order valence-corrected chi connectivity index (χ4v) is 8.80. The normalized spacial score (nSPS) is 12.4. The maximum absolute atomic E-state index is 12.9. The SMILES string of the molecule is CCC/C=C\C/C=C\CCCCCCCC(=O)OCC(COC(=O)CCCCCCCCCCCCCCC/C=C\CCCCCCCCCC)OC(=O)CCCCCCC/C=C\C/C=C\CCCCC. The average molecular weight is 994 g/mol. The number of ether oxygens (including phenoxy) is 3. The highest BCUT2D eigenvalue weighted by molar-refractivity contribution is 5.71. The summed E-state index contributed by atoms with van der Waals surface area (Å²) < 4.78 is 16.9. The van der Waals surface area contributed by atoms with E-state index < -0.39 is 6.10 Å². The van der Waals surface area contributed by atoms with E-state index in [4.69, 9.17) is 14.2 Å². The summed E-state index contributed by atoms with van der Waals surface area (Å²) in [4.78, 5) is 38.2. The van der Waals surface area contributed by atoms with Gasteiger partial charge in [0, 0.05) is 19.3 Å². The summed E-state index contributed by atoms with van der Waals surface area (Å²) in [6, 6.07) is 0. The molecule has 1 unspecified atom stereocenters. The number of hydrogen-bond acceptors (Lipinski definition) is 6. The van der Waals surface area contributed by atoms with Gasteiger partial charge in [-0.2, -0.15) is 0 Å². The standard InChI is InChI=1S/C65H116O6/c1-4-7-10-13-16-19-22-25-27-28-29-30-31-32-33-34-35-36-38-40-43-46-49-52-55-58-64(67)70-61-62(60-69-63(66)57-54-51-48-45-42-39-24-21-18-15-12-9-6-3)71-65(68)59-56-53-50-47-44-41-37-26-23-20-17-14-11-8-5-2/h12,15,17,20-21,24,26,28-29,37,62H,4-11,13-14,16,18-19,22-23,25,27,30-36,38-61H2,1-3H3/b15-12-,20-17-,24-21-,29-28-,37-26-. The van der Waals surface area contributed by atoms with Crippen LogP contribution in [0.15, 0.2) is 60.8 Å². The Labute approximate surface area is 440 Å². The Hall–Kier alpha value is -2.89. The van der Waals surface area contributed by atoms with E-state index in [9.17, 15) is 14.4 Å². The van der Waals surface area contributed by atoms with Crippen LogP contribution in [0.2, 0.25) is 0 Å². The lowest BCUT2D eigenvalue weighted by molar-refractivity contribution is -0.167. The predicted molar refractivity (Wildman–Crippen MR) is 307 cm³/mol. The lowest BCUT2D eigenvalue weighted by Crippen LogP contribution is -2.30. The second kappa shape index (κ2) is 59.7. The number of hydrogen-bond donors (Lipinski definition) is 0. The van der Waals surface area contributed by atoms with E-state index in [1.165, 1.54) is 167 Å². The third kappa shape index (κ3) is 57.9. The number of carbonyl (C=O) groups excluding carboxylic acids is 3. The molecule has 0 aromatic rings. The van der Waals surface area contributed by atoms with E-state index in [1.54, 1.807) is 0 Å². The smallest absolute Gasteiger partial charge is 0.306 e. The molecule has 6 heteroatoms. The topological polar surface area (TPSA) is 78.9 Å². The van der Waals surface area contributed by atoms with E-state index in [0.717, 1.165) is 109 Å². The summed E-state index contributed by atoms with van der Waals surface area (Å²) in [6.45, 7) is 6.56. The molecule has 1 atom stereocenters. The molecule has 0 aromatic heterocycles. The van der Waals surface area contributed by atoms with Crippen LogP contribution in [0, 0.1) is 0 Å². The molecule has 0 heterocycles. The number of carbonyl (C=O) groups is 3. The number of esters is 3. The van der Waals surface area contributed by atoms with Crippen molar-refractivity contribution in [1.82, 2.24) is 0 Å². The monoisotopic (exact) mass is 993 g/mol. The van der Waals surface area contributed by atoms with Crippen molar-refractivity contribution >= 4 is 17.9 Å². The van der Waals surface area contributed by atoms with E-state index in [2.05, 4.69) is 81.5 Å². The second-order valence-corrected chi connectivity index (χ2v) is 20.6. The van der Waals surface area contributed by atoms with Crippen molar-refractivity contribution in [2.45, 2.75) is 322 Å². The molecule has 0 radical (unpaired) electrons. The Bertz CT molecular complexity index is 1280. The largest absolute Gasteiger partial charge is 0.462 e. The van der Waals surface area contributed by atoms with Crippen molar-refractivity contribution in [1.29, 1.82) is 0 Å². The van der Waals surface area contributed by atoms with E-state index in [1.807, 2.05) is 0 Å². The first-order valence-electron chi connectivity index (χ1n) is 30.8. The van der Waals surface area contributed by atoms with Crippen molar-refractivity contribution in [3.8, 4) is 0 Å². The van der Waals surface area contributed by atoms with Gasteiger partial charge in [-0.1, -0.05) is 255 Å². The van der Waals surface area contributed by atoms with Crippen LogP contribution in [0.5, 0.6) is 0 Å². The average Bonchev–Trinajstić information content (AvgIpc) is 3.37. The Kier molecular flexibility index (Phi) is 57.2. The Morgan fingerprint density at radius 3 is 0.873 bits per heavy atom. The molecular formula is C65H116O6. The van der Waals surface area contributed by atoms with Crippen LogP contribution in [0.1, 0.15) is 316 Å². The maximum Gasteiger partial charge on any atom is 0.306 e. The zero-order chi connectivity index (χ0) is 51.4. The van der Waals surface area contributed by atoms with Crippen LogP contribution in [-0.2, 0) is 28.6 Å². The maximum atomic E-state index is 12.9. The van der Waals surface area contributed by atoms with Gasteiger partial charge >= 0.3 is 17.9 Å². The van der Waals surface area contributed by atoms with Crippen molar-refractivity contribution in [2.24, 2.45) is 0 Å². The summed E-state index contributed by atoms with van der Waals surface area (Å²) >= 11 is 0. The van der Waals surface area contributed by atoms with Gasteiger partial charge in [0.25, 0.3) is 0 Å². The Balaban J connectivity index is 4.27. The van der Waals surface area contributed by atoms with Gasteiger partial charge in [-0.15, -0.1) is 0 Å². The van der Waals surface area contributed by atoms with E-state index >= 15 is 0 Å². The van der Waals surface area contributed by atoms with Crippen LogP contribution in [0.3, 0.4) is 0 Å². The van der Waals surface area contributed by atoms with Gasteiger partial charge in [0.2, 0.25) is 0 Å². The highest BCUT2D eigenvalue weighted by Crippen LogP contribution is 2.16. The first kappa shape index (κ1) is 68.1. The van der Waals surface area contributed by atoms with Gasteiger partial charge < -0.3 is 14.2 Å². The molecule has 0 fully saturated rings. The quantitative estimate of drug-likeness (QED) is 0.0261. The minimum atomic E-state index is -0.787. The fraction of sp³-hybridized carbons (Fsp3) is 0.800. The molecule has 0 amide bonds. The van der Waals surface area contributed by atoms with Gasteiger partial charge in [-0.25, -0.2) is 0 Å². The van der Waals surface area contributed by atoms with Gasteiger partial charge in [0.15, 0.2) is 6.10 Å². The molecule has 412 valence electrons. The van der Waals surface area contributed by atoms with Crippen molar-refractivity contribution in [3.05, 3.63) is 60.8 Å². The third-order valence-corrected chi connectivity index (χ3v) is 13.4. The van der Waals surface area contributed by atoms with Gasteiger partial charge in [-0.3, -0.25) is 14.4 Å². The summed E-state index contributed by atoms with van der Waals surface area (Å²) in [5.41, 5.74) is 0. The molecule has 0 N–H and O–H groups in total. The van der Waals surface area contributed by atoms with Gasteiger partial charge in [0.05, 0.1) is 0 Å². The molecular weight excluding hydrogens is 877 g/mol.